The normalized spacial score (nSPS) is 11.5. The van der Waals surface area contributed by atoms with Crippen molar-refractivity contribution in [1.29, 1.82) is 0 Å². The first-order valence-electron chi connectivity index (χ1n) is 5.45. The van der Waals surface area contributed by atoms with Crippen LogP contribution in [0.2, 0.25) is 0 Å². The number of phenols is 2. The summed E-state index contributed by atoms with van der Waals surface area (Å²) in [7, 11) is -0.613. The molecular formula is C11H16N2O5S. The van der Waals surface area contributed by atoms with Crippen molar-refractivity contribution in [3.63, 3.8) is 0 Å². The van der Waals surface area contributed by atoms with Crippen molar-refractivity contribution < 1.29 is 23.4 Å². The molecule has 19 heavy (non-hydrogen) atoms. The molecule has 1 aromatic carbocycles. The van der Waals surface area contributed by atoms with Crippen LogP contribution in [0.3, 0.4) is 0 Å². The van der Waals surface area contributed by atoms with Gasteiger partial charge in [0.2, 0.25) is 10.0 Å². The Morgan fingerprint density at radius 2 is 1.79 bits per heavy atom. The minimum Gasteiger partial charge on any atom is -0.507 e. The second-order valence-corrected chi connectivity index (χ2v) is 6.33. The van der Waals surface area contributed by atoms with E-state index in [0.717, 1.165) is 4.31 Å². The standard InChI is InChI=1S/C11H16N2O5S/c1-13(2)19(17,18)7-6-12-11(16)10-8(14)4-3-5-9(10)15/h3-5,14-15H,6-7H2,1-2H3,(H,12,16). The lowest BCUT2D eigenvalue weighted by atomic mass is 10.1. The molecule has 8 heteroatoms. The van der Waals surface area contributed by atoms with Gasteiger partial charge in [-0.2, -0.15) is 0 Å². The average Bonchev–Trinajstić information content (AvgIpc) is 2.28. The van der Waals surface area contributed by atoms with Crippen molar-refractivity contribution >= 4 is 15.9 Å². The van der Waals surface area contributed by atoms with Crippen molar-refractivity contribution in [2.24, 2.45) is 0 Å². The summed E-state index contributed by atoms with van der Waals surface area (Å²) in [5.41, 5.74) is -0.273. The fourth-order valence-corrected chi connectivity index (χ4v) is 2.05. The molecule has 0 saturated carbocycles. The lowest BCUT2D eigenvalue weighted by Crippen LogP contribution is -2.33. The van der Waals surface area contributed by atoms with Crippen molar-refractivity contribution in [3.8, 4) is 11.5 Å². The van der Waals surface area contributed by atoms with E-state index in [9.17, 15) is 23.4 Å². The van der Waals surface area contributed by atoms with Crippen LogP contribution in [-0.2, 0) is 10.0 Å². The van der Waals surface area contributed by atoms with Gasteiger partial charge in [-0.15, -0.1) is 0 Å². The third-order valence-electron chi connectivity index (χ3n) is 2.45. The van der Waals surface area contributed by atoms with Gasteiger partial charge in [0.1, 0.15) is 17.1 Å². The Hall–Kier alpha value is -1.80. The summed E-state index contributed by atoms with van der Waals surface area (Å²) in [6, 6.07) is 3.90. The molecule has 0 heterocycles. The number of rotatable bonds is 5. The second-order valence-electron chi connectivity index (χ2n) is 4.03. The predicted octanol–water partition coefficient (Wildman–Crippen LogP) is -0.281. The van der Waals surface area contributed by atoms with Gasteiger partial charge in [-0.05, 0) is 12.1 Å². The first-order valence-corrected chi connectivity index (χ1v) is 7.06. The predicted molar refractivity (Wildman–Crippen MR) is 69.6 cm³/mol. The zero-order valence-electron chi connectivity index (χ0n) is 10.6. The number of benzene rings is 1. The van der Waals surface area contributed by atoms with Crippen LogP contribution in [0.15, 0.2) is 18.2 Å². The molecule has 1 aromatic rings. The number of aromatic hydroxyl groups is 2. The van der Waals surface area contributed by atoms with Gasteiger partial charge in [0.05, 0.1) is 5.75 Å². The van der Waals surface area contributed by atoms with Gasteiger partial charge in [0.25, 0.3) is 5.91 Å². The number of nitrogens with one attached hydrogen (secondary N) is 1. The number of nitrogens with zero attached hydrogens (tertiary/aromatic N) is 1. The maximum absolute atomic E-state index is 11.7. The molecule has 0 spiro atoms. The highest BCUT2D eigenvalue weighted by atomic mass is 32.2. The number of carbonyl (C=O) groups excluding carboxylic acids is 1. The maximum atomic E-state index is 11.7. The van der Waals surface area contributed by atoms with Crippen LogP contribution in [0.25, 0.3) is 0 Å². The fourth-order valence-electron chi connectivity index (χ4n) is 1.33. The quantitative estimate of drug-likeness (QED) is 0.690. The van der Waals surface area contributed by atoms with Gasteiger partial charge < -0.3 is 15.5 Å². The van der Waals surface area contributed by atoms with Crippen LogP contribution in [0.4, 0.5) is 0 Å². The molecule has 0 atom stereocenters. The van der Waals surface area contributed by atoms with Gasteiger partial charge in [0.15, 0.2) is 0 Å². The second kappa shape index (κ2) is 5.89. The lowest BCUT2D eigenvalue weighted by molar-refractivity contribution is 0.0950. The Morgan fingerprint density at radius 3 is 2.26 bits per heavy atom. The molecule has 0 saturated heterocycles. The summed E-state index contributed by atoms with van der Waals surface area (Å²) in [6.45, 7) is -0.118. The van der Waals surface area contributed by atoms with E-state index in [2.05, 4.69) is 5.32 Å². The van der Waals surface area contributed by atoms with Crippen molar-refractivity contribution in [1.82, 2.24) is 9.62 Å². The van der Waals surface area contributed by atoms with E-state index in [1.165, 1.54) is 32.3 Å². The van der Waals surface area contributed by atoms with Gasteiger partial charge in [-0.3, -0.25) is 4.79 Å². The van der Waals surface area contributed by atoms with Crippen LogP contribution >= 0.6 is 0 Å². The van der Waals surface area contributed by atoms with E-state index in [-0.39, 0.29) is 29.4 Å². The molecule has 0 aliphatic carbocycles. The zero-order valence-corrected chi connectivity index (χ0v) is 11.4. The van der Waals surface area contributed by atoms with Crippen LogP contribution in [0.1, 0.15) is 10.4 Å². The molecule has 106 valence electrons. The molecule has 3 N–H and O–H groups in total. The van der Waals surface area contributed by atoms with E-state index in [0.29, 0.717) is 0 Å². The Labute approximate surface area is 111 Å². The first-order chi connectivity index (χ1) is 8.75. The van der Waals surface area contributed by atoms with Crippen LogP contribution in [-0.4, -0.2) is 55.2 Å². The van der Waals surface area contributed by atoms with Crippen LogP contribution in [0, 0.1) is 0 Å². The summed E-state index contributed by atoms with van der Waals surface area (Å²) >= 11 is 0. The molecule has 7 nitrogen and oxygen atoms in total. The third kappa shape index (κ3) is 3.83. The highest BCUT2D eigenvalue weighted by molar-refractivity contribution is 7.89. The monoisotopic (exact) mass is 288 g/mol. The minimum absolute atomic E-state index is 0.118. The Bertz CT molecular complexity index is 548. The molecule has 0 fully saturated rings. The van der Waals surface area contributed by atoms with E-state index in [4.69, 9.17) is 0 Å². The smallest absolute Gasteiger partial charge is 0.258 e. The topological polar surface area (TPSA) is 107 Å². The summed E-state index contributed by atoms with van der Waals surface area (Å²) < 4.78 is 24.0. The molecule has 0 aliphatic heterocycles. The van der Waals surface area contributed by atoms with Crippen LogP contribution in [0.5, 0.6) is 11.5 Å². The molecule has 0 aliphatic rings. The minimum atomic E-state index is -3.40. The maximum Gasteiger partial charge on any atom is 0.258 e. The number of amides is 1. The Balaban J connectivity index is 2.68. The number of phenolic OH excluding ortho intramolecular Hbond substituents is 2. The van der Waals surface area contributed by atoms with Gasteiger partial charge in [-0.1, -0.05) is 6.07 Å². The van der Waals surface area contributed by atoms with E-state index in [1.54, 1.807) is 0 Å². The first kappa shape index (κ1) is 15.3. The molecule has 0 radical (unpaired) electrons. The van der Waals surface area contributed by atoms with E-state index >= 15 is 0 Å². The fraction of sp³-hybridized carbons (Fsp3) is 0.364. The Kier molecular flexibility index (Phi) is 4.73. The molecule has 0 bridgehead atoms. The van der Waals surface area contributed by atoms with Crippen molar-refractivity contribution in [2.45, 2.75) is 0 Å². The summed E-state index contributed by atoms with van der Waals surface area (Å²) in [6.07, 6.45) is 0. The van der Waals surface area contributed by atoms with Gasteiger partial charge >= 0.3 is 0 Å². The number of hydrogen-bond acceptors (Lipinski definition) is 5. The SMILES string of the molecule is CN(C)S(=O)(=O)CCNC(=O)c1c(O)cccc1O. The largest absolute Gasteiger partial charge is 0.507 e. The van der Waals surface area contributed by atoms with Crippen LogP contribution < -0.4 is 5.32 Å². The number of carbonyl (C=O) groups is 1. The third-order valence-corrected chi connectivity index (χ3v) is 4.28. The summed E-state index contributed by atoms with van der Waals surface area (Å²) in [5.74, 6) is -1.73. The highest BCUT2D eigenvalue weighted by Crippen LogP contribution is 2.25. The zero-order chi connectivity index (χ0) is 14.6. The van der Waals surface area contributed by atoms with Crippen molar-refractivity contribution in [2.75, 3.05) is 26.4 Å². The summed E-state index contributed by atoms with van der Waals surface area (Å²) in [5, 5.41) is 21.3. The molecule has 0 aromatic heterocycles. The molecule has 1 amide bonds. The number of sulfonamides is 1. The summed E-state index contributed by atoms with van der Waals surface area (Å²) in [4.78, 5) is 11.7. The highest BCUT2D eigenvalue weighted by Gasteiger charge is 2.18. The van der Waals surface area contributed by atoms with Crippen molar-refractivity contribution in [3.05, 3.63) is 23.8 Å². The molecule has 1 rings (SSSR count). The van der Waals surface area contributed by atoms with E-state index < -0.39 is 15.9 Å². The molecular weight excluding hydrogens is 272 g/mol. The average molecular weight is 288 g/mol. The van der Waals surface area contributed by atoms with Gasteiger partial charge in [0, 0.05) is 20.6 Å². The van der Waals surface area contributed by atoms with Gasteiger partial charge in [-0.25, -0.2) is 12.7 Å². The number of hydrogen-bond donors (Lipinski definition) is 3. The van der Waals surface area contributed by atoms with E-state index in [1.807, 2.05) is 0 Å². The molecule has 0 unspecified atom stereocenters. The Morgan fingerprint density at radius 1 is 1.26 bits per heavy atom. The lowest BCUT2D eigenvalue weighted by Gasteiger charge is -2.12.